The first-order valence-corrected chi connectivity index (χ1v) is 28.9. The molecule has 0 N–H and O–H groups in total. The number of anilines is 9. The van der Waals surface area contributed by atoms with Crippen molar-refractivity contribution in [2.24, 2.45) is 0 Å². The molecule has 10 aromatic carbocycles. The predicted octanol–water partition coefficient (Wildman–Crippen LogP) is 19.7. The molecule has 2 aliphatic rings. The van der Waals surface area contributed by atoms with Crippen LogP contribution in [0, 0.1) is 0 Å². The van der Waals surface area contributed by atoms with Crippen molar-refractivity contribution >= 4 is 96.2 Å². The van der Waals surface area contributed by atoms with E-state index in [1.165, 1.54) is 72.5 Å². The smallest absolute Gasteiger partial charge is 0.252 e. The Bertz CT molecular complexity index is 4200. The average molecular weight is 1050 g/mol. The zero-order valence-corrected chi connectivity index (χ0v) is 49.1. The molecule has 1 aromatic heterocycles. The number of rotatable bonds is 7. The Morgan fingerprint density at radius 3 is 1.54 bits per heavy atom. The van der Waals surface area contributed by atoms with E-state index in [0.717, 1.165) is 61.5 Å². The number of hydrogen-bond acceptors (Lipinski definition) is 4. The van der Waals surface area contributed by atoms with Crippen LogP contribution in [0.4, 0.5) is 51.2 Å². The van der Waals surface area contributed by atoms with Crippen molar-refractivity contribution in [2.75, 3.05) is 14.7 Å². The van der Waals surface area contributed by atoms with Gasteiger partial charge >= 0.3 is 0 Å². The third-order valence-electron chi connectivity index (χ3n) is 17.1. The van der Waals surface area contributed by atoms with Crippen molar-refractivity contribution in [1.29, 1.82) is 0 Å². The molecule has 13 rings (SSSR count). The summed E-state index contributed by atoms with van der Waals surface area (Å²) in [5, 5.41) is 2.27. The molecule has 0 saturated heterocycles. The maximum atomic E-state index is 6.25. The van der Waals surface area contributed by atoms with Crippen LogP contribution in [0.3, 0.4) is 0 Å². The van der Waals surface area contributed by atoms with Crippen LogP contribution in [0.1, 0.15) is 105 Å². The van der Waals surface area contributed by atoms with Gasteiger partial charge in [-0.25, -0.2) is 0 Å². The van der Waals surface area contributed by atoms with Gasteiger partial charge in [0.05, 0.1) is 5.69 Å². The Morgan fingerprint density at radius 1 is 0.346 bits per heavy atom. The highest BCUT2D eigenvalue weighted by atomic mass is 16.3. The Labute approximate surface area is 480 Å². The Balaban J connectivity index is 1.06. The van der Waals surface area contributed by atoms with E-state index in [1.54, 1.807) is 0 Å². The van der Waals surface area contributed by atoms with Crippen molar-refractivity contribution in [3.05, 3.63) is 241 Å². The molecular formula is C76H72BN3O. The first-order chi connectivity index (χ1) is 38.7. The van der Waals surface area contributed by atoms with Crippen LogP contribution in [0.15, 0.2) is 223 Å². The number of fused-ring (bicyclic) bond motifs is 7. The number of hydrogen-bond donors (Lipinski definition) is 0. The second kappa shape index (κ2) is 19.1. The van der Waals surface area contributed by atoms with Gasteiger partial charge in [0.2, 0.25) is 0 Å². The van der Waals surface area contributed by atoms with Crippen LogP contribution in [0.25, 0.3) is 44.2 Å². The monoisotopic (exact) mass is 1050 g/mol. The van der Waals surface area contributed by atoms with Crippen LogP contribution in [0.5, 0.6) is 0 Å². The maximum absolute atomic E-state index is 6.25. The van der Waals surface area contributed by atoms with E-state index in [-0.39, 0.29) is 28.4 Å². The van der Waals surface area contributed by atoms with Crippen LogP contribution < -0.4 is 31.1 Å². The van der Waals surface area contributed by atoms with Crippen molar-refractivity contribution in [3.63, 3.8) is 0 Å². The van der Waals surface area contributed by atoms with E-state index in [2.05, 4.69) is 310 Å². The standard InChI is InChI=1S/C76H72BN3O/c1-73(2,3)52-30-36-58(37-31-52)80-67-48-59(78(56-23-17-14-18-24-56)65-40-32-53(74(4,5)6)44-61(65)50-21-15-13-16-22-50)38-39-63(67)77-64-45-54(75(7,8)9)33-41-66(64)79(68-46-55(76(10,11)12)47-69(80)72(68)77)57-34-27-49(28-35-57)51-29-42-71-62(43-51)60-25-19-20-26-70(60)81-71/h13-48H,1-12H3. The van der Waals surface area contributed by atoms with E-state index in [9.17, 15) is 0 Å². The van der Waals surface area contributed by atoms with Gasteiger partial charge in [-0.3, -0.25) is 0 Å². The topological polar surface area (TPSA) is 22.9 Å². The molecule has 0 unspecified atom stereocenters. The van der Waals surface area contributed by atoms with Gasteiger partial charge in [0.15, 0.2) is 0 Å². The molecule has 11 aromatic rings. The maximum Gasteiger partial charge on any atom is 0.252 e. The predicted molar refractivity (Wildman–Crippen MR) is 348 cm³/mol. The SMILES string of the molecule is CC(C)(C)c1ccc(N2c3cc(N(c4ccccc4)c4ccc(C(C)(C)C)cc4-c4ccccc4)ccc3B3c4cc(C(C)(C)C)ccc4N(c4ccc(-c5ccc6oc7ccccc7c6c5)cc4)c4cc(C(C)(C)C)cc2c43)cc1. The van der Waals surface area contributed by atoms with Crippen molar-refractivity contribution in [1.82, 2.24) is 0 Å². The normalized spacial score (nSPS) is 13.4. The second-order valence-electron chi connectivity index (χ2n) is 26.7. The molecule has 5 heteroatoms. The summed E-state index contributed by atoms with van der Waals surface area (Å²) < 4.78 is 6.25. The van der Waals surface area contributed by atoms with E-state index >= 15 is 0 Å². The molecule has 2 aliphatic heterocycles. The van der Waals surface area contributed by atoms with Gasteiger partial charge in [-0.05, 0) is 174 Å². The largest absolute Gasteiger partial charge is 0.456 e. The Morgan fingerprint density at radius 2 is 0.889 bits per heavy atom. The Hall–Kier alpha value is -8.54. The van der Waals surface area contributed by atoms with Crippen LogP contribution in [-0.4, -0.2) is 6.71 Å². The molecule has 4 nitrogen and oxygen atoms in total. The van der Waals surface area contributed by atoms with Crippen LogP contribution in [-0.2, 0) is 21.7 Å². The highest BCUT2D eigenvalue weighted by Gasteiger charge is 2.45. The first-order valence-electron chi connectivity index (χ1n) is 28.9. The summed E-state index contributed by atoms with van der Waals surface area (Å²) in [4.78, 5) is 7.64. The number of para-hydroxylation sites is 2. The lowest BCUT2D eigenvalue weighted by molar-refractivity contribution is 0.590. The van der Waals surface area contributed by atoms with Crippen molar-refractivity contribution < 1.29 is 4.42 Å². The van der Waals surface area contributed by atoms with E-state index in [0.29, 0.717) is 0 Å². The molecule has 0 spiro atoms. The second-order valence-corrected chi connectivity index (χ2v) is 26.7. The molecule has 3 heterocycles. The third kappa shape index (κ3) is 9.12. The molecule has 0 saturated carbocycles. The fraction of sp³-hybridized carbons (Fsp3) is 0.211. The molecule has 0 atom stereocenters. The molecule has 0 fully saturated rings. The van der Waals surface area contributed by atoms with Crippen LogP contribution >= 0.6 is 0 Å². The van der Waals surface area contributed by atoms with Gasteiger partial charge < -0.3 is 19.1 Å². The summed E-state index contributed by atoms with van der Waals surface area (Å²) in [5.74, 6) is 0. The molecule has 0 amide bonds. The molecule has 0 radical (unpaired) electrons. The number of benzene rings is 10. The van der Waals surface area contributed by atoms with Gasteiger partial charge in [-0.15, -0.1) is 0 Å². The lowest BCUT2D eigenvalue weighted by Crippen LogP contribution is -2.61. The number of nitrogens with zero attached hydrogens (tertiary/aromatic N) is 3. The summed E-state index contributed by atoms with van der Waals surface area (Å²) in [6.07, 6.45) is 0. The summed E-state index contributed by atoms with van der Waals surface area (Å²) in [6, 6.07) is 82.2. The highest BCUT2D eigenvalue weighted by Crippen LogP contribution is 2.50. The summed E-state index contributed by atoms with van der Waals surface area (Å²) in [5.41, 5.74) is 25.7. The minimum atomic E-state index is -0.177. The number of furan rings is 1. The average Bonchev–Trinajstić information content (AvgIpc) is 2.40. The Kier molecular flexibility index (Phi) is 12.2. The van der Waals surface area contributed by atoms with Crippen molar-refractivity contribution in [3.8, 4) is 22.3 Å². The first kappa shape index (κ1) is 51.9. The lowest BCUT2D eigenvalue weighted by atomic mass is 9.33. The fourth-order valence-electron chi connectivity index (χ4n) is 12.5. The lowest BCUT2D eigenvalue weighted by Gasteiger charge is -2.45. The third-order valence-corrected chi connectivity index (χ3v) is 17.1. The summed E-state index contributed by atoms with van der Waals surface area (Å²) in [7, 11) is 0. The van der Waals surface area contributed by atoms with E-state index < -0.39 is 0 Å². The van der Waals surface area contributed by atoms with Gasteiger partial charge in [0, 0.05) is 61.8 Å². The zero-order chi connectivity index (χ0) is 56.3. The van der Waals surface area contributed by atoms with Crippen molar-refractivity contribution in [2.45, 2.75) is 105 Å². The zero-order valence-electron chi connectivity index (χ0n) is 49.1. The summed E-state index contributed by atoms with van der Waals surface area (Å²) >= 11 is 0. The van der Waals surface area contributed by atoms with Gasteiger partial charge in [0.25, 0.3) is 6.71 Å². The van der Waals surface area contributed by atoms with Gasteiger partial charge in [-0.2, -0.15) is 0 Å². The molecular weight excluding hydrogens is 982 g/mol. The molecule has 0 aliphatic carbocycles. The van der Waals surface area contributed by atoms with E-state index in [4.69, 9.17) is 4.42 Å². The summed E-state index contributed by atoms with van der Waals surface area (Å²) in [6.45, 7) is 27.8. The highest BCUT2D eigenvalue weighted by molar-refractivity contribution is 7.00. The van der Waals surface area contributed by atoms with Gasteiger partial charge in [-0.1, -0.05) is 204 Å². The van der Waals surface area contributed by atoms with Gasteiger partial charge in [0.1, 0.15) is 11.2 Å². The van der Waals surface area contributed by atoms with E-state index in [1.807, 2.05) is 6.07 Å². The minimum Gasteiger partial charge on any atom is -0.456 e. The van der Waals surface area contributed by atoms with Crippen LogP contribution in [0.2, 0.25) is 0 Å². The molecule has 0 bridgehead atoms. The molecule has 400 valence electrons. The molecule has 81 heavy (non-hydrogen) atoms. The quantitative estimate of drug-likeness (QED) is 0.148. The fourth-order valence-corrected chi connectivity index (χ4v) is 12.5. The minimum absolute atomic E-state index is 0.0119.